The maximum absolute atomic E-state index is 11.6. The van der Waals surface area contributed by atoms with E-state index in [2.05, 4.69) is 10.6 Å². The molecule has 0 aromatic heterocycles. The zero-order chi connectivity index (χ0) is 15.8. The lowest BCUT2D eigenvalue weighted by molar-refractivity contribution is 0.244. The highest BCUT2D eigenvalue weighted by molar-refractivity contribution is 5.75. The predicted molar refractivity (Wildman–Crippen MR) is 85.5 cm³/mol. The van der Waals surface area contributed by atoms with Gasteiger partial charge in [-0.25, -0.2) is 4.79 Å². The first-order valence-electron chi connectivity index (χ1n) is 6.92. The van der Waals surface area contributed by atoms with E-state index in [4.69, 9.17) is 0 Å². The van der Waals surface area contributed by atoms with Crippen molar-refractivity contribution < 1.29 is 15.0 Å². The van der Waals surface area contributed by atoms with E-state index >= 15 is 0 Å². The highest BCUT2D eigenvalue weighted by atomic mass is 16.3. The molecule has 2 amide bonds. The third kappa shape index (κ3) is 4.86. The molecule has 0 aliphatic carbocycles. The molecule has 2 rings (SSSR count). The van der Waals surface area contributed by atoms with Gasteiger partial charge in [0, 0.05) is 12.7 Å². The fourth-order valence-corrected chi connectivity index (χ4v) is 1.87. The minimum absolute atomic E-state index is 0.152. The Labute approximate surface area is 128 Å². The molecule has 0 spiro atoms. The minimum atomic E-state index is -0.296. The monoisotopic (exact) mass is 298 g/mol. The van der Waals surface area contributed by atoms with Crippen LogP contribution in [0.1, 0.15) is 11.1 Å². The topological polar surface area (TPSA) is 81.6 Å². The first kappa shape index (κ1) is 15.4. The molecule has 0 fully saturated rings. The fraction of sp³-hybridized carbons (Fsp3) is 0.118. The highest BCUT2D eigenvalue weighted by Crippen LogP contribution is 2.24. The lowest BCUT2D eigenvalue weighted by Gasteiger charge is -2.06. The Kier molecular flexibility index (Phi) is 5.43. The van der Waals surface area contributed by atoms with E-state index in [1.54, 1.807) is 18.3 Å². The van der Waals surface area contributed by atoms with E-state index < -0.39 is 0 Å². The first-order valence-corrected chi connectivity index (χ1v) is 6.92. The number of rotatable bonds is 5. The molecular formula is C17H18N2O3. The number of hydrogen-bond donors (Lipinski definition) is 4. The molecule has 114 valence electrons. The van der Waals surface area contributed by atoms with Crippen molar-refractivity contribution in [1.29, 1.82) is 0 Å². The summed E-state index contributed by atoms with van der Waals surface area (Å²) in [7, 11) is 0. The molecule has 0 unspecified atom stereocenters. The van der Waals surface area contributed by atoms with Crippen molar-refractivity contribution in [2.45, 2.75) is 6.42 Å². The summed E-state index contributed by atoms with van der Waals surface area (Å²) in [5, 5.41) is 23.9. The zero-order valence-electron chi connectivity index (χ0n) is 12.0. The molecule has 0 bridgehead atoms. The number of nitrogens with one attached hydrogen (secondary N) is 2. The summed E-state index contributed by atoms with van der Waals surface area (Å²) in [5.74, 6) is -0.312. The third-order valence-corrected chi connectivity index (χ3v) is 3.03. The summed E-state index contributed by atoms with van der Waals surface area (Å²) in [6.45, 7) is 0.426. The molecule has 0 atom stereocenters. The quantitative estimate of drug-likeness (QED) is 0.640. The number of urea groups is 1. The Morgan fingerprint density at radius 1 is 1.05 bits per heavy atom. The largest absolute Gasteiger partial charge is 0.504 e. The Hall–Kier alpha value is -2.95. The summed E-state index contributed by atoms with van der Waals surface area (Å²) in [5.41, 5.74) is 1.83. The first-order chi connectivity index (χ1) is 10.6. The normalized spacial score (nSPS) is 10.5. The van der Waals surface area contributed by atoms with Crippen LogP contribution in [0, 0.1) is 0 Å². The molecule has 4 N–H and O–H groups in total. The molecule has 5 nitrogen and oxygen atoms in total. The number of benzene rings is 2. The molecule has 5 heteroatoms. The Morgan fingerprint density at radius 2 is 1.82 bits per heavy atom. The van der Waals surface area contributed by atoms with E-state index in [1.165, 1.54) is 12.1 Å². The van der Waals surface area contributed by atoms with Gasteiger partial charge in [-0.15, -0.1) is 0 Å². The van der Waals surface area contributed by atoms with E-state index in [1.807, 2.05) is 30.3 Å². The molecule has 0 aliphatic rings. The van der Waals surface area contributed by atoms with Gasteiger partial charge in [-0.1, -0.05) is 36.4 Å². The van der Waals surface area contributed by atoms with Crippen LogP contribution in [0.4, 0.5) is 4.79 Å². The van der Waals surface area contributed by atoms with Crippen LogP contribution in [0.5, 0.6) is 11.5 Å². The number of hydrogen-bond acceptors (Lipinski definition) is 3. The molecule has 2 aromatic carbocycles. The summed E-state index contributed by atoms with van der Waals surface area (Å²) >= 11 is 0. The van der Waals surface area contributed by atoms with E-state index in [0.29, 0.717) is 13.0 Å². The average molecular weight is 298 g/mol. The molecule has 22 heavy (non-hydrogen) atoms. The maximum Gasteiger partial charge on any atom is 0.318 e. The minimum Gasteiger partial charge on any atom is -0.504 e. The number of aromatic hydroxyl groups is 2. The summed E-state index contributed by atoms with van der Waals surface area (Å²) < 4.78 is 0. The van der Waals surface area contributed by atoms with Gasteiger partial charge >= 0.3 is 6.03 Å². The molecule has 0 heterocycles. The highest BCUT2D eigenvalue weighted by Gasteiger charge is 2.01. The van der Waals surface area contributed by atoms with Crippen LogP contribution in [0.15, 0.2) is 54.7 Å². The predicted octanol–water partition coefficient (Wildman–Crippen LogP) is 2.61. The van der Waals surface area contributed by atoms with Gasteiger partial charge in [-0.2, -0.15) is 0 Å². The number of carbonyl (C=O) groups excluding carboxylic acids is 1. The standard InChI is InChI=1S/C17H18N2O3/c20-15-7-6-14(12-16(15)21)9-11-19-17(22)18-10-8-13-4-2-1-3-5-13/h1-8,10,12,20-21H,9,11H2,(H2,18,19,22)/b10-8+. The second-order valence-corrected chi connectivity index (χ2v) is 4.72. The lowest BCUT2D eigenvalue weighted by Crippen LogP contribution is -2.33. The van der Waals surface area contributed by atoms with Crippen molar-refractivity contribution in [1.82, 2.24) is 10.6 Å². The van der Waals surface area contributed by atoms with Gasteiger partial charge in [0.15, 0.2) is 11.5 Å². The second kappa shape index (κ2) is 7.73. The fourth-order valence-electron chi connectivity index (χ4n) is 1.87. The zero-order valence-corrected chi connectivity index (χ0v) is 12.0. The van der Waals surface area contributed by atoms with Gasteiger partial charge in [0.1, 0.15) is 0 Å². The number of carbonyl (C=O) groups is 1. The molecule has 0 aliphatic heterocycles. The van der Waals surface area contributed by atoms with E-state index in [0.717, 1.165) is 11.1 Å². The van der Waals surface area contributed by atoms with Crippen LogP contribution in [0.2, 0.25) is 0 Å². The van der Waals surface area contributed by atoms with Crippen LogP contribution in [0.3, 0.4) is 0 Å². The number of phenolic OH excluding ortho intramolecular Hbond substituents is 2. The summed E-state index contributed by atoms with van der Waals surface area (Å²) in [6, 6.07) is 14.0. The van der Waals surface area contributed by atoms with Gasteiger partial charge in [-0.3, -0.25) is 0 Å². The summed E-state index contributed by atoms with van der Waals surface area (Å²) in [4.78, 5) is 11.6. The van der Waals surface area contributed by atoms with Crippen LogP contribution in [-0.4, -0.2) is 22.8 Å². The van der Waals surface area contributed by atoms with Crippen LogP contribution in [-0.2, 0) is 6.42 Å². The van der Waals surface area contributed by atoms with Gasteiger partial charge in [0.25, 0.3) is 0 Å². The van der Waals surface area contributed by atoms with Crippen LogP contribution >= 0.6 is 0 Å². The van der Waals surface area contributed by atoms with Crippen molar-refractivity contribution in [2.75, 3.05) is 6.54 Å². The average Bonchev–Trinajstić information content (AvgIpc) is 2.52. The second-order valence-electron chi connectivity index (χ2n) is 4.72. The molecule has 0 radical (unpaired) electrons. The van der Waals surface area contributed by atoms with Crippen molar-refractivity contribution in [3.63, 3.8) is 0 Å². The molecule has 2 aromatic rings. The maximum atomic E-state index is 11.6. The van der Waals surface area contributed by atoms with Gasteiger partial charge in [0.05, 0.1) is 0 Å². The number of amides is 2. The van der Waals surface area contributed by atoms with Crippen molar-refractivity contribution in [3.05, 3.63) is 65.9 Å². The van der Waals surface area contributed by atoms with Gasteiger partial charge in [0.2, 0.25) is 0 Å². The van der Waals surface area contributed by atoms with Gasteiger partial charge in [-0.05, 0) is 35.8 Å². The van der Waals surface area contributed by atoms with E-state index in [-0.39, 0.29) is 17.5 Å². The molecular weight excluding hydrogens is 280 g/mol. The van der Waals surface area contributed by atoms with E-state index in [9.17, 15) is 15.0 Å². The smallest absolute Gasteiger partial charge is 0.318 e. The molecule has 0 saturated heterocycles. The Bertz CT molecular complexity index is 654. The lowest BCUT2D eigenvalue weighted by atomic mass is 10.1. The Morgan fingerprint density at radius 3 is 2.55 bits per heavy atom. The summed E-state index contributed by atoms with van der Waals surface area (Å²) in [6.07, 6.45) is 3.94. The molecule has 0 saturated carbocycles. The van der Waals surface area contributed by atoms with Gasteiger partial charge < -0.3 is 20.8 Å². The number of phenols is 2. The Balaban J connectivity index is 1.71. The van der Waals surface area contributed by atoms with Crippen molar-refractivity contribution in [3.8, 4) is 11.5 Å². The SMILES string of the molecule is O=C(N/C=C/c1ccccc1)NCCc1ccc(O)c(O)c1. The van der Waals surface area contributed by atoms with Crippen molar-refractivity contribution in [2.24, 2.45) is 0 Å². The third-order valence-electron chi connectivity index (χ3n) is 3.03. The van der Waals surface area contributed by atoms with Crippen LogP contribution in [0.25, 0.3) is 6.08 Å². The van der Waals surface area contributed by atoms with Crippen LogP contribution < -0.4 is 10.6 Å². The van der Waals surface area contributed by atoms with Crippen molar-refractivity contribution >= 4 is 12.1 Å².